The number of amides is 3. The third-order valence-corrected chi connectivity index (χ3v) is 10.3. The van der Waals surface area contributed by atoms with Gasteiger partial charge in [0, 0.05) is 30.6 Å². The smallest absolute Gasteiger partial charge is 0.378 e. The number of hydrogen-bond donors (Lipinski definition) is 1. The number of carbonyl (C=O) groups excluding carboxylic acids is 3. The van der Waals surface area contributed by atoms with E-state index in [1.807, 2.05) is 43.3 Å². The second-order valence-corrected chi connectivity index (χ2v) is 12.9. The molecule has 0 spiro atoms. The first kappa shape index (κ1) is 30.6. The predicted molar refractivity (Wildman–Crippen MR) is 163 cm³/mol. The fourth-order valence-electron chi connectivity index (χ4n) is 5.61. The molecule has 1 saturated heterocycles. The Kier molecular flexibility index (Phi) is 7.81. The fourth-order valence-corrected chi connectivity index (χ4v) is 8.38. The van der Waals surface area contributed by atoms with E-state index in [0.29, 0.717) is 10.4 Å². The van der Waals surface area contributed by atoms with E-state index in [0.717, 1.165) is 62.5 Å². The topological polar surface area (TPSA) is 91.7 Å². The number of carbonyl (C=O) groups is 3. The van der Waals surface area contributed by atoms with E-state index in [1.165, 1.54) is 24.3 Å². The Morgan fingerprint density at radius 3 is 2.24 bits per heavy atom. The third-order valence-electron chi connectivity index (χ3n) is 7.71. The monoisotopic (exact) mass is 656 g/mol. The van der Waals surface area contributed by atoms with Gasteiger partial charge in [-0.1, -0.05) is 47.4 Å². The molecule has 3 aromatic carbocycles. The zero-order valence-corrected chi connectivity index (χ0v) is 25.3. The van der Waals surface area contributed by atoms with Gasteiger partial charge in [0.15, 0.2) is 0 Å². The Morgan fingerprint density at radius 1 is 0.933 bits per heavy atom. The van der Waals surface area contributed by atoms with Gasteiger partial charge in [-0.15, -0.1) is 0 Å². The zero-order valence-electron chi connectivity index (χ0n) is 23.7. The molecule has 1 N–H and O–H groups in total. The van der Waals surface area contributed by atoms with Crippen molar-refractivity contribution in [3.63, 3.8) is 0 Å². The fraction of sp³-hybridized carbons (Fsp3) is 0.226. The van der Waals surface area contributed by atoms with E-state index in [1.54, 1.807) is 0 Å². The number of hydrogen-bond acceptors (Lipinski definition) is 7. The van der Waals surface area contributed by atoms with Crippen molar-refractivity contribution in [2.75, 3.05) is 29.2 Å². The van der Waals surface area contributed by atoms with Crippen LogP contribution in [0.3, 0.4) is 0 Å². The number of fused-ring (bicyclic) bond motifs is 2. The van der Waals surface area contributed by atoms with E-state index in [-0.39, 0.29) is 10.7 Å². The van der Waals surface area contributed by atoms with Crippen molar-refractivity contribution in [2.45, 2.75) is 28.9 Å². The van der Waals surface area contributed by atoms with Crippen LogP contribution in [0, 0.1) is 11.7 Å². The number of halogens is 4. The molecule has 0 radical (unpaired) electrons. The molecule has 3 heterocycles. The second-order valence-electron chi connectivity index (χ2n) is 10.7. The third kappa shape index (κ3) is 5.52. The van der Waals surface area contributed by atoms with E-state index in [4.69, 9.17) is 0 Å². The summed E-state index contributed by atoms with van der Waals surface area (Å²) in [6.07, 6.45) is -4.71. The molecule has 45 heavy (non-hydrogen) atoms. The van der Waals surface area contributed by atoms with Crippen LogP contribution in [0.2, 0.25) is 0 Å². The Labute approximate surface area is 262 Å². The normalized spacial score (nSPS) is 19.3. The minimum Gasteiger partial charge on any atom is -0.378 e. The lowest BCUT2D eigenvalue weighted by atomic mass is 9.83. The number of thioether (sulfide) groups is 1. The number of nitrogens with zero attached hydrogens (tertiary/aromatic N) is 3. The van der Waals surface area contributed by atoms with Crippen LogP contribution in [-0.4, -0.2) is 41.6 Å². The summed E-state index contributed by atoms with van der Waals surface area (Å²) in [4.78, 5) is 56.9. The number of imide groups is 1. The number of benzene rings is 3. The van der Waals surface area contributed by atoms with E-state index in [9.17, 15) is 36.7 Å². The molecule has 232 valence electrons. The molecular formula is C31H24F4N4O4S2. The maximum Gasteiger partial charge on any atom is 0.418 e. The number of rotatable bonds is 6. The van der Waals surface area contributed by atoms with Crippen LogP contribution < -0.4 is 20.0 Å². The maximum atomic E-state index is 13.9. The summed E-state index contributed by atoms with van der Waals surface area (Å²) in [5, 5.41) is 1.56. The highest BCUT2D eigenvalue weighted by atomic mass is 32.2. The number of alkyl halides is 3. The first-order valence-electron chi connectivity index (χ1n) is 13.6. The molecule has 6 rings (SSSR count). The predicted octanol–water partition coefficient (Wildman–Crippen LogP) is 5.57. The number of aromatic nitrogens is 1. The largest absolute Gasteiger partial charge is 0.418 e. The van der Waals surface area contributed by atoms with E-state index in [2.05, 4.69) is 5.32 Å². The van der Waals surface area contributed by atoms with Crippen LogP contribution >= 0.6 is 23.1 Å². The molecule has 1 fully saturated rings. The SMILES string of the molecule is CN(C)c1ccc([C@@H]2c3sc(=O)n(CC(=O)Nc4ccccc4C(F)(F)F)c3S[C@H]3C(=O)N(c4ccc(F)cc4)C(=O)[C@@H]23)cc1. The quantitative estimate of drug-likeness (QED) is 0.216. The van der Waals surface area contributed by atoms with Gasteiger partial charge in [0.1, 0.15) is 17.6 Å². The van der Waals surface area contributed by atoms with Gasteiger partial charge in [-0.25, -0.2) is 9.29 Å². The first-order chi connectivity index (χ1) is 21.3. The number of nitrogens with one attached hydrogen (secondary N) is 1. The number of anilines is 3. The van der Waals surface area contributed by atoms with Gasteiger partial charge < -0.3 is 10.2 Å². The van der Waals surface area contributed by atoms with Crippen molar-refractivity contribution in [2.24, 2.45) is 5.92 Å². The van der Waals surface area contributed by atoms with Gasteiger partial charge in [0.2, 0.25) is 17.7 Å². The van der Waals surface area contributed by atoms with Crippen molar-refractivity contribution in [3.05, 3.63) is 104 Å². The summed E-state index contributed by atoms with van der Waals surface area (Å²) >= 11 is 1.79. The summed E-state index contributed by atoms with van der Waals surface area (Å²) in [6, 6.07) is 16.8. The van der Waals surface area contributed by atoms with Crippen LogP contribution in [0.5, 0.6) is 0 Å². The summed E-state index contributed by atoms with van der Waals surface area (Å²) in [6.45, 7) is -0.614. The standard InChI is InChI=1S/C31H24F4N4O4S2/c1-37(2)18-11-7-16(8-12-18)23-24-25(28(42)39(27(24)41)19-13-9-17(32)10-14-19)44-29-26(23)45-30(43)38(29)15-22(40)36-21-6-4-3-5-20(21)31(33,34)35/h3-14,23-25H,15H2,1-2H3,(H,36,40)/t23-,24-,25+/m0/s1. The van der Waals surface area contributed by atoms with Gasteiger partial charge >= 0.3 is 11.0 Å². The molecule has 4 aromatic rings. The molecule has 2 aliphatic rings. The molecule has 0 unspecified atom stereocenters. The highest BCUT2D eigenvalue weighted by Crippen LogP contribution is 2.54. The van der Waals surface area contributed by atoms with Crippen LogP contribution in [0.1, 0.15) is 21.9 Å². The summed E-state index contributed by atoms with van der Waals surface area (Å²) in [7, 11) is 3.73. The first-order valence-corrected chi connectivity index (χ1v) is 15.3. The van der Waals surface area contributed by atoms with E-state index >= 15 is 0 Å². The van der Waals surface area contributed by atoms with Gasteiger partial charge in [-0.05, 0) is 54.1 Å². The lowest BCUT2D eigenvalue weighted by Crippen LogP contribution is -2.33. The van der Waals surface area contributed by atoms with Crippen LogP contribution in [-0.2, 0) is 27.1 Å². The van der Waals surface area contributed by atoms with Crippen molar-refractivity contribution >= 4 is 57.9 Å². The molecule has 0 saturated carbocycles. The van der Waals surface area contributed by atoms with Crippen LogP contribution in [0.4, 0.5) is 34.6 Å². The summed E-state index contributed by atoms with van der Waals surface area (Å²) in [5.41, 5.74) is 0.254. The average Bonchev–Trinajstić information content (AvgIpc) is 3.43. The molecule has 2 aliphatic heterocycles. The lowest BCUT2D eigenvalue weighted by molar-refractivity contribution is -0.137. The van der Waals surface area contributed by atoms with Crippen molar-refractivity contribution < 1.29 is 31.9 Å². The highest BCUT2D eigenvalue weighted by Gasteiger charge is 2.56. The molecule has 14 heteroatoms. The van der Waals surface area contributed by atoms with Gasteiger partial charge in [-0.3, -0.25) is 23.7 Å². The molecule has 0 aliphatic carbocycles. The molecule has 3 atom stereocenters. The zero-order chi connectivity index (χ0) is 32.2. The second kappa shape index (κ2) is 11.5. The Morgan fingerprint density at radius 2 is 1.60 bits per heavy atom. The molecular weight excluding hydrogens is 632 g/mol. The van der Waals surface area contributed by atoms with Crippen molar-refractivity contribution in [3.8, 4) is 0 Å². The highest BCUT2D eigenvalue weighted by molar-refractivity contribution is 8.00. The summed E-state index contributed by atoms with van der Waals surface area (Å²) < 4.78 is 55.3. The van der Waals surface area contributed by atoms with Crippen LogP contribution in [0.25, 0.3) is 0 Å². The molecule has 3 amide bonds. The number of para-hydroxylation sites is 1. The van der Waals surface area contributed by atoms with Gasteiger partial charge in [0.05, 0.1) is 27.9 Å². The Bertz CT molecular complexity index is 1870. The van der Waals surface area contributed by atoms with Gasteiger partial charge in [0.25, 0.3) is 0 Å². The molecule has 0 bridgehead atoms. The molecule has 8 nitrogen and oxygen atoms in total. The average molecular weight is 657 g/mol. The maximum absolute atomic E-state index is 13.9. The van der Waals surface area contributed by atoms with Crippen molar-refractivity contribution in [1.29, 1.82) is 0 Å². The minimum atomic E-state index is -4.71. The Hall–Kier alpha value is -4.43. The van der Waals surface area contributed by atoms with Crippen molar-refractivity contribution in [1.82, 2.24) is 4.57 Å². The number of thiazole rings is 1. The lowest BCUT2D eigenvalue weighted by Gasteiger charge is -2.31. The molecule has 1 aromatic heterocycles. The minimum absolute atomic E-state index is 0.201. The summed E-state index contributed by atoms with van der Waals surface area (Å²) in [5.74, 6) is -4.13. The van der Waals surface area contributed by atoms with Crippen LogP contribution in [0.15, 0.2) is 82.6 Å². The Balaban J connectivity index is 1.40. The van der Waals surface area contributed by atoms with Gasteiger partial charge in [-0.2, -0.15) is 13.2 Å². The van der Waals surface area contributed by atoms with E-state index < -0.39 is 69.5 Å².